The molecule has 2 aliphatic heterocycles. The highest BCUT2D eigenvalue weighted by atomic mass is 16.5. The van der Waals surface area contributed by atoms with Crippen molar-refractivity contribution in [2.45, 2.75) is 44.8 Å². The normalized spacial score (nSPS) is 34.2. The van der Waals surface area contributed by atoms with E-state index in [9.17, 15) is 9.90 Å². The molecule has 0 radical (unpaired) electrons. The first kappa shape index (κ1) is 14.8. The van der Waals surface area contributed by atoms with Crippen molar-refractivity contribution in [3.63, 3.8) is 0 Å². The van der Waals surface area contributed by atoms with Crippen LogP contribution in [0.25, 0.3) is 0 Å². The number of aliphatic carboxylic acids is 1. The summed E-state index contributed by atoms with van der Waals surface area (Å²) in [6.45, 7) is 8.30. The predicted octanol–water partition coefficient (Wildman–Crippen LogP) is 0.940. The van der Waals surface area contributed by atoms with E-state index in [2.05, 4.69) is 24.1 Å². The molecule has 0 bridgehead atoms. The van der Waals surface area contributed by atoms with Gasteiger partial charge in [-0.05, 0) is 25.3 Å². The Labute approximate surface area is 115 Å². The van der Waals surface area contributed by atoms with E-state index in [4.69, 9.17) is 4.74 Å². The Morgan fingerprint density at radius 2 is 2.21 bits per heavy atom. The van der Waals surface area contributed by atoms with Crippen molar-refractivity contribution in [3.05, 3.63) is 0 Å². The summed E-state index contributed by atoms with van der Waals surface area (Å²) < 4.78 is 5.76. The van der Waals surface area contributed by atoms with Crippen LogP contribution in [0.2, 0.25) is 0 Å². The van der Waals surface area contributed by atoms with Crippen LogP contribution < -0.4 is 5.32 Å². The fourth-order valence-electron chi connectivity index (χ4n) is 3.19. The number of hydrogen-bond donors (Lipinski definition) is 2. The number of carboxylic acids is 1. The molecule has 0 amide bonds. The van der Waals surface area contributed by atoms with Crippen LogP contribution in [0.5, 0.6) is 0 Å². The van der Waals surface area contributed by atoms with Crippen LogP contribution in [0.15, 0.2) is 0 Å². The van der Waals surface area contributed by atoms with Gasteiger partial charge in [0.05, 0.1) is 6.10 Å². The Bertz CT molecular complexity index is 314. The van der Waals surface area contributed by atoms with Gasteiger partial charge >= 0.3 is 5.97 Å². The molecule has 2 heterocycles. The van der Waals surface area contributed by atoms with Gasteiger partial charge in [-0.3, -0.25) is 9.69 Å². The fourth-order valence-corrected chi connectivity index (χ4v) is 3.19. The molecule has 5 nitrogen and oxygen atoms in total. The molecule has 0 spiro atoms. The average molecular weight is 270 g/mol. The number of carboxylic acid groups (broad SMARTS) is 1. The maximum absolute atomic E-state index is 11.9. The molecule has 0 saturated carbocycles. The second-order valence-electron chi connectivity index (χ2n) is 6.03. The standard InChI is InChI=1S/C14H26N2O3/c1-11(2)12-10-14(13(17)18,4-9-19-12)16-7-3-5-15-6-8-16/h11-12,15H,3-10H2,1-2H3,(H,17,18). The van der Waals surface area contributed by atoms with Gasteiger partial charge in [-0.25, -0.2) is 0 Å². The van der Waals surface area contributed by atoms with E-state index >= 15 is 0 Å². The van der Waals surface area contributed by atoms with Crippen molar-refractivity contribution in [2.24, 2.45) is 5.92 Å². The topological polar surface area (TPSA) is 61.8 Å². The monoisotopic (exact) mass is 270 g/mol. The number of nitrogens with zero attached hydrogens (tertiary/aromatic N) is 1. The van der Waals surface area contributed by atoms with Crippen LogP contribution in [0.4, 0.5) is 0 Å². The molecule has 2 rings (SSSR count). The van der Waals surface area contributed by atoms with E-state index in [0.29, 0.717) is 25.4 Å². The molecule has 19 heavy (non-hydrogen) atoms. The third-order valence-electron chi connectivity index (χ3n) is 4.47. The molecule has 2 saturated heterocycles. The lowest BCUT2D eigenvalue weighted by atomic mass is 9.81. The van der Waals surface area contributed by atoms with Crippen LogP contribution in [0.1, 0.15) is 33.1 Å². The smallest absolute Gasteiger partial charge is 0.324 e. The van der Waals surface area contributed by atoms with Crippen LogP contribution in [0, 0.1) is 5.92 Å². The van der Waals surface area contributed by atoms with Gasteiger partial charge in [0.25, 0.3) is 0 Å². The van der Waals surface area contributed by atoms with Gasteiger partial charge in [-0.2, -0.15) is 0 Å². The summed E-state index contributed by atoms with van der Waals surface area (Å²) >= 11 is 0. The largest absolute Gasteiger partial charge is 0.480 e. The summed E-state index contributed by atoms with van der Waals surface area (Å²) in [7, 11) is 0. The number of rotatable bonds is 3. The zero-order chi connectivity index (χ0) is 13.9. The Morgan fingerprint density at radius 3 is 2.89 bits per heavy atom. The molecule has 0 aliphatic carbocycles. The minimum absolute atomic E-state index is 0.0565. The lowest BCUT2D eigenvalue weighted by Crippen LogP contribution is -2.60. The van der Waals surface area contributed by atoms with Crippen LogP contribution in [-0.4, -0.2) is 60.4 Å². The number of ether oxygens (including phenoxy) is 1. The van der Waals surface area contributed by atoms with Crippen molar-refractivity contribution in [1.29, 1.82) is 0 Å². The molecule has 2 N–H and O–H groups in total. The summed E-state index contributed by atoms with van der Waals surface area (Å²) in [6, 6.07) is 0. The first-order valence-corrected chi connectivity index (χ1v) is 7.37. The molecule has 5 heteroatoms. The summed E-state index contributed by atoms with van der Waals surface area (Å²) in [4.78, 5) is 14.1. The van der Waals surface area contributed by atoms with E-state index in [1.807, 2.05) is 0 Å². The Hall–Kier alpha value is -0.650. The first-order chi connectivity index (χ1) is 9.06. The van der Waals surface area contributed by atoms with Gasteiger partial charge in [0.2, 0.25) is 0 Å². The Morgan fingerprint density at radius 1 is 1.42 bits per heavy atom. The molecular weight excluding hydrogens is 244 g/mol. The van der Waals surface area contributed by atoms with Crippen molar-refractivity contribution < 1.29 is 14.6 Å². The highest BCUT2D eigenvalue weighted by molar-refractivity contribution is 5.79. The SMILES string of the molecule is CC(C)C1CC(C(=O)O)(N2CCCNCC2)CCO1. The summed E-state index contributed by atoms with van der Waals surface area (Å²) in [5, 5.41) is 13.2. The van der Waals surface area contributed by atoms with E-state index in [1.54, 1.807) is 0 Å². The van der Waals surface area contributed by atoms with Gasteiger partial charge in [-0.1, -0.05) is 13.8 Å². The maximum Gasteiger partial charge on any atom is 0.324 e. The number of hydrogen-bond acceptors (Lipinski definition) is 4. The molecule has 0 aromatic rings. The minimum atomic E-state index is -0.723. The lowest BCUT2D eigenvalue weighted by molar-refractivity contribution is -0.165. The van der Waals surface area contributed by atoms with Crippen LogP contribution in [-0.2, 0) is 9.53 Å². The summed E-state index contributed by atoms with van der Waals surface area (Å²) in [5.74, 6) is -0.313. The molecular formula is C14H26N2O3. The zero-order valence-corrected chi connectivity index (χ0v) is 12.0. The maximum atomic E-state index is 11.9. The van der Waals surface area contributed by atoms with Crippen LogP contribution in [0.3, 0.4) is 0 Å². The molecule has 0 aromatic carbocycles. The summed E-state index contributed by atoms with van der Waals surface area (Å²) in [5.41, 5.74) is -0.723. The Kier molecular flexibility index (Phi) is 4.81. The minimum Gasteiger partial charge on any atom is -0.480 e. The van der Waals surface area contributed by atoms with Crippen molar-refractivity contribution in [2.75, 3.05) is 32.8 Å². The van der Waals surface area contributed by atoms with E-state index < -0.39 is 11.5 Å². The Balaban J connectivity index is 2.18. The molecule has 0 aromatic heterocycles. The third kappa shape index (κ3) is 3.09. The number of nitrogens with one attached hydrogen (secondary N) is 1. The van der Waals surface area contributed by atoms with Gasteiger partial charge in [-0.15, -0.1) is 0 Å². The third-order valence-corrected chi connectivity index (χ3v) is 4.47. The molecule has 2 unspecified atom stereocenters. The zero-order valence-electron chi connectivity index (χ0n) is 12.0. The van der Waals surface area contributed by atoms with E-state index in [-0.39, 0.29) is 6.10 Å². The van der Waals surface area contributed by atoms with Crippen LogP contribution >= 0.6 is 0 Å². The quantitative estimate of drug-likeness (QED) is 0.799. The second kappa shape index (κ2) is 6.20. The van der Waals surface area contributed by atoms with Gasteiger partial charge in [0.1, 0.15) is 5.54 Å². The molecule has 2 atom stereocenters. The van der Waals surface area contributed by atoms with Gasteiger partial charge in [0, 0.05) is 32.7 Å². The summed E-state index contributed by atoms with van der Waals surface area (Å²) in [6.07, 6.45) is 2.29. The van der Waals surface area contributed by atoms with Crippen molar-refractivity contribution in [3.8, 4) is 0 Å². The first-order valence-electron chi connectivity index (χ1n) is 7.37. The fraction of sp³-hybridized carbons (Fsp3) is 0.929. The molecule has 2 aliphatic rings. The van der Waals surface area contributed by atoms with Crippen molar-refractivity contribution in [1.82, 2.24) is 10.2 Å². The number of carbonyl (C=O) groups is 1. The highest BCUT2D eigenvalue weighted by Crippen LogP contribution is 2.34. The van der Waals surface area contributed by atoms with Gasteiger partial charge in [0.15, 0.2) is 0 Å². The van der Waals surface area contributed by atoms with Crippen molar-refractivity contribution >= 4 is 5.97 Å². The molecule has 110 valence electrons. The lowest BCUT2D eigenvalue weighted by Gasteiger charge is -2.46. The predicted molar refractivity (Wildman–Crippen MR) is 73.2 cm³/mol. The van der Waals surface area contributed by atoms with E-state index in [1.165, 1.54) is 0 Å². The average Bonchev–Trinajstić information content (AvgIpc) is 2.67. The van der Waals surface area contributed by atoms with E-state index in [0.717, 1.165) is 32.6 Å². The second-order valence-corrected chi connectivity index (χ2v) is 6.03. The highest BCUT2D eigenvalue weighted by Gasteiger charge is 2.48. The van der Waals surface area contributed by atoms with Gasteiger partial charge < -0.3 is 15.2 Å². The molecule has 2 fully saturated rings.